The van der Waals surface area contributed by atoms with Crippen LogP contribution in [0.15, 0.2) is 0 Å². The van der Waals surface area contributed by atoms with Gasteiger partial charge in [0.1, 0.15) is 0 Å². The Morgan fingerprint density at radius 3 is 2.93 bits per heavy atom. The number of aliphatic hydroxyl groups is 1. The molecule has 88 valence electrons. The fourth-order valence-electron chi connectivity index (χ4n) is 2.21. The smallest absolute Gasteiger partial charge is 0.240 e. The van der Waals surface area contributed by atoms with Gasteiger partial charge in [0, 0.05) is 6.04 Å². The minimum Gasteiger partial charge on any atom is -0.394 e. The van der Waals surface area contributed by atoms with Crippen molar-refractivity contribution >= 4 is 5.91 Å². The zero-order chi connectivity index (χ0) is 11.5. The highest BCUT2D eigenvalue weighted by molar-refractivity contribution is 5.86. The molecule has 0 radical (unpaired) electrons. The van der Waals surface area contributed by atoms with Gasteiger partial charge in [-0.1, -0.05) is 19.8 Å². The van der Waals surface area contributed by atoms with Crippen LogP contribution in [0.3, 0.4) is 0 Å². The maximum Gasteiger partial charge on any atom is 0.240 e. The lowest BCUT2D eigenvalue weighted by molar-refractivity contribution is -0.129. The van der Waals surface area contributed by atoms with Gasteiger partial charge in [-0.2, -0.15) is 0 Å². The van der Waals surface area contributed by atoms with Crippen molar-refractivity contribution in [2.75, 3.05) is 6.61 Å². The van der Waals surface area contributed by atoms with Crippen molar-refractivity contribution in [3.8, 4) is 0 Å². The summed E-state index contributed by atoms with van der Waals surface area (Å²) in [6.45, 7) is 3.86. The van der Waals surface area contributed by atoms with E-state index in [1.54, 1.807) is 6.92 Å². The molecule has 1 saturated carbocycles. The Balaban J connectivity index is 2.56. The largest absolute Gasteiger partial charge is 0.394 e. The first-order chi connectivity index (χ1) is 6.98. The number of nitrogens with one attached hydrogen (secondary N) is 1. The van der Waals surface area contributed by atoms with E-state index >= 15 is 0 Å². The molecule has 1 aliphatic carbocycles. The molecule has 4 heteroatoms. The van der Waals surface area contributed by atoms with E-state index < -0.39 is 5.54 Å². The molecule has 4 nitrogen and oxygen atoms in total. The molecule has 0 aromatic heterocycles. The highest BCUT2D eigenvalue weighted by Crippen LogP contribution is 2.30. The van der Waals surface area contributed by atoms with E-state index in [4.69, 9.17) is 10.8 Å². The molecule has 1 amide bonds. The molecule has 0 aromatic rings. The molecule has 0 spiro atoms. The van der Waals surface area contributed by atoms with Gasteiger partial charge in [-0.05, 0) is 25.7 Å². The highest BCUT2D eigenvalue weighted by atomic mass is 16.3. The van der Waals surface area contributed by atoms with E-state index in [1.165, 1.54) is 0 Å². The zero-order valence-electron chi connectivity index (χ0n) is 9.62. The van der Waals surface area contributed by atoms with E-state index in [-0.39, 0.29) is 18.6 Å². The Morgan fingerprint density at radius 2 is 2.40 bits per heavy atom. The van der Waals surface area contributed by atoms with Crippen LogP contribution in [-0.2, 0) is 4.79 Å². The van der Waals surface area contributed by atoms with E-state index in [0.29, 0.717) is 5.92 Å². The number of amides is 1. The quantitative estimate of drug-likeness (QED) is 0.636. The van der Waals surface area contributed by atoms with Crippen LogP contribution in [0.25, 0.3) is 0 Å². The Labute approximate surface area is 91.2 Å². The van der Waals surface area contributed by atoms with E-state index in [9.17, 15) is 4.79 Å². The van der Waals surface area contributed by atoms with Crippen LogP contribution in [0.1, 0.15) is 39.5 Å². The number of rotatable bonds is 3. The van der Waals surface area contributed by atoms with Crippen molar-refractivity contribution in [1.82, 2.24) is 5.32 Å². The summed E-state index contributed by atoms with van der Waals surface area (Å²) < 4.78 is 0. The first-order valence-electron chi connectivity index (χ1n) is 5.68. The third-order valence-electron chi connectivity index (χ3n) is 3.14. The fourth-order valence-corrected chi connectivity index (χ4v) is 2.21. The minimum absolute atomic E-state index is 0.0443. The second-order valence-electron chi connectivity index (χ2n) is 4.91. The van der Waals surface area contributed by atoms with Crippen molar-refractivity contribution in [1.29, 1.82) is 0 Å². The molecule has 3 unspecified atom stereocenters. The monoisotopic (exact) mass is 214 g/mol. The van der Waals surface area contributed by atoms with Crippen molar-refractivity contribution in [2.24, 2.45) is 11.7 Å². The zero-order valence-corrected chi connectivity index (χ0v) is 9.62. The summed E-state index contributed by atoms with van der Waals surface area (Å²) in [5.74, 6) is 0.398. The fraction of sp³-hybridized carbons (Fsp3) is 0.909. The first-order valence-corrected chi connectivity index (χ1v) is 5.68. The molecular weight excluding hydrogens is 192 g/mol. The van der Waals surface area contributed by atoms with Crippen molar-refractivity contribution in [2.45, 2.75) is 51.1 Å². The summed E-state index contributed by atoms with van der Waals surface area (Å²) in [5.41, 5.74) is 5.38. The van der Waals surface area contributed by atoms with Crippen LogP contribution in [0.5, 0.6) is 0 Å². The lowest BCUT2D eigenvalue weighted by Crippen LogP contribution is -2.58. The molecule has 0 aromatic carbocycles. The van der Waals surface area contributed by atoms with Gasteiger partial charge in [0.15, 0.2) is 0 Å². The van der Waals surface area contributed by atoms with Gasteiger partial charge < -0.3 is 16.2 Å². The average Bonchev–Trinajstić information content (AvgIpc) is 2.17. The number of hydrogen-bond donors (Lipinski definition) is 3. The van der Waals surface area contributed by atoms with Crippen LogP contribution in [-0.4, -0.2) is 29.2 Å². The molecule has 0 bridgehead atoms. The number of nitrogens with two attached hydrogens (primary N) is 1. The summed E-state index contributed by atoms with van der Waals surface area (Å²) in [7, 11) is 0. The van der Waals surface area contributed by atoms with E-state index in [1.807, 2.05) is 0 Å². The Bertz CT molecular complexity index is 233. The lowest BCUT2D eigenvalue weighted by Gasteiger charge is -2.36. The van der Waals surface area contributed by atoms with Crippen molar-refractivity contribution < 1.29 is 9.90 Å². The van der Waals surface area contributed by atoms with Crippen molar-refractivity contribution in [3.63, 3.8) is 0 Å². The average molecular weight is 214 g/mol. The van der Waals surface area contributed by atoms with Crippen LogP contribution < -0.4 is 11.1 Å². The third kappa shape index (κ3) is 3.18. The van der Waals surface area contributed by atoms with Gasteiger partial charge >= 0.3 is 0 Å². The van der Waals surface area contributed by atoms with Crippen LogP contribution in [0.4, 0.5) is 0 Å². The molecule has 1 fully saturated rings. The van der Waals surface area contributed by atoms with Gasteiger partial charge in [0.25, 0.3) is 0 Å². The van der Waals surface area contributed by atoms with Crippen LogP contribution in [0.2, 0.25) is 0 Å². The number of aliphatic hydroxyl groups excluding tert-OH is 1. The maximum absolute atomic E-state index is 11.9. The number of carbonyl (C=O) groups excluding carboxylic acids is 1. The van der Waals surface area contributed by atoms with Gasteiger partial charge in [0.05, 0.1) is 12.1 Å². The Kier molecular flexibility index (Phi) is 4.11. The molecule has 15 heavy (non-hydrogen) atoms. The maximum atomic E-state index is 11.9. The van der Waals surface area contributed by atoms with Crippen molar-refractivity contribution in [3.05, 3.63) is 0 Å². The third-order valence-corrected chi connectivity index (χ3v) is 3.14. The second kappa shape index (κ2) is 4.94. The number of carbonyl (C=O) groups is 1. The van der Waals surface area contributed by atoms with Gasteiger partial charge in [-0.3, -0.25) is 4.79 Å². The Hall–Kier alpha value is -0.610. The summed E-state index contributed by atoms with van der Waals surface area (Å²) in [4.78, 5) is 11.9. The predicted molar refractivity (Wildman–Crippen MR) is 59.2 cm³/mol. The molecule has 0 aliphatic heterocycles. The molecule has 0 saturated heterocycles. The molecule has 3 atom stereocenters. The molecule has 4 N–H and O–H groups in total. The predicted octanol–water partition coefficient (Wildman–Crippen LogP) is 0.391. The van der Waals surface area contributed by atoms with Gasteiger partial charge in [0.2, 0.25) is 5.91 Å². The summed E-state index contributed by atoms with van der Waals surface area (Å²) in [6.07, 6.45) is 3.67. The molecular formula is C11H22N2O2. The second-order valence-corrected chi connectivity index (χ2v) is 4.91. The minimum atomic E-state index is -0.721. The number of hydrogen-bond acceptors (Lipinski definition) is 3. The summed E-state index contributed by atoms with van der Waals surface area (Å²) in [6, 6.07) is -0.213. The topological polar surface area (TPSA) is 75.4 Å². The van der Waals surface area contributed by atoms with Gasteiger partial charge in [-0.15, -0.1) is 0 Å². The van der Waals surface area contributed by atoms with E-state index in [0.717, 1.165) is 25.7 Å². The molecule has 1 aliphatic rings. The molecule has 1 rings (SSSR count). The standard InChI is InChI=1S/C11H22N2O2/c1-8-4-3-5-11(12,6-8)10(15)13-9(2)7-14/h8-9,14H,3-7,12H2,1-2H3,(H,13,15). The van der Waals surface area contributed by atoms with E-state index in [2.05, 4.69) is 12.2 Å². The summed E-state index contributed by atoms with van der Waals surface area (Å²) >= 11 is 0. The Morgan fingerprint density at radius 1 is 1.73 bits per heavy atom. The lowest BCUT2D eigenvalue weighted by atomic mass is 9.76. The summed E-state index contributed by atoms with van der Waals surface area (Å²) in [5, 5.41) is 11.6. The normalized spacial score (nSPS) is 33.5. The van der Waals surface area contributed by atoms with Crippen LogP contribution >= 0.6 is 0 Å². The van der Waals surface area contributed by atoms with Gasteiger partial charge in [-0.25, -0.2) is 0 Å². The first kappa shape index (κ1) is 12.5. The molecule has 0 heterocycles. The SMILES string of the molecule is CC1CCCC(N)(C(=O)NC(C)CO)C1. The highest BCUT2D eigenvalue weighted by Gasteiger charge is 2.38. The van der Waals surface area contributed by atoms with Crippen LogP contribution in [0, 0.1) is 5.92 Å².